The van der Waals surface area contributed by atoms with Crippen molar-refractivity contribution in [3.63, 3.8) is 0 Å². The first kappa shape index (κ1) is 9.90. The summed E-state index contributed by atoms with van der Waals surface area (Å²) in [5.41, 5.74) is 2.40. The minimum Gasteiger partial charge on any atom is -0.342 e. The Labute approximate surface area is 88.5 Å². The number of aryl methyl sites for hydroxylation is 1. The molecule has 3 heteroatoms. The minimum absolute atomic E-state index is 0.659. The monoisotopic (exact) mass is 202 g/mol. The summed E-state index contributed by atoms with van der Waals surface area (Å²) < 4.78 is 0. The molecule has 0 fully saturated rings. The Morgan fingerprint density at radius 1 is 1.47 bits per heavy atom. The number of benzene rings is 1. The molecule has 0 unspecified atom stereocenters. The number of nitrogens with zero attached hydrogens (tertiary/aromatic N) is 1. The fourth-order valence-corrected chi connectivity index (χ4v) is 1.66. The summed E-state index contributed by atoms with van der Waals surface area (Å²) in [4.78, 5) is 18.5. The lowest BCUT2D eigenvalue weighted by molar-refractivity contribution is 0.112. The lowest BCUT2D eigenvalue weighted by Crippen LogP contribution is -1.86. The lowest BCUT2D eigenvalue weighted by Gasteiger charge is -1.90. The van der Waals surface area contributed by atoms with Crippen molar-refractivity contribution in [3.05, 3.63) is 29.6 Å². The lowest BCUT2D eigenvalue weighted by atomic mass is 10.2. The van der Waals surface area contributed by atoms with Crippen molar-refractivity contribution in [2.45, 2.75) is 26.2 Å². The summed E-state index contributed by atoms with van der Waals surface area (Å²) in [6.07, 6.45) is 4.07. The normalized spacial score (nSPS) is 10.7. The molecule has 1 N–H and O–H groups in total. The van der Waals surface area contributed by atoms with E-state index in [4.69, 9.17) is 0 Å². The highest BCUT2D eigenvalue weighted by Crippen LogP contribution is 2.15. The third-order valence-corrected chi connectivity index (χ3v) is 2.49. The number of hydrogen-bond acceptors (Lipinski definition) is 2. The van der Waals surface area contributed by atoms with Crippen LogP contribution in [0.4, 0.5) is 0 Å². The molecule has 78 valence electrons. The van der Waals surface area contributed by atoms with E-state index in [0.717, 1.165) is 42.4 Å². The largest absolute Gasteiger partial charge is 0.342 e. The molecule has 0 bridgehead atoms. The number of H-pyrrole nitrogens is 1. The fourth-order valence-electron chi connectivity index (χ4n) is 1.66. The van der Waals surface area contributed by atoms with E-state index >= 15 is 0 Å². The van der Waals surface area contributed by atoms with Gasteiger partial charge in [0.25, 0.3) is 0 Å². The molecule has 3 nitrogen and oxygen atoms in total. The zero-order chi connectivity index (χ0) is 10.7. The van der Waals surface area contributed by atoms with Gasteiger partial charge in [-0.1, -0.05) is 19.4 Å². The summed E-state index contributed by atoms with van der Waals surface area (Å²) in [6, 6.07) is 5.61. The number of imidazole rings is 1. The number of aldehydes is 1. The first-order chi connectivity index (χ1) is 7.35. The van der Waals surface area contributed by atoms with Gasteiger partial charge in [-0.2, -0.15) is 0 Å². The third kappa shape index (κ3) is 1.91. The summed E-state index contributed by atoms with van der Waals surface area (Å²) in [6.45, 7) is 2.15. The van der Waals surface area contributed by atoms with E-state index < -0.39 is 0 Å². The highest BCUT2D eigenvalue weighted by molar-refractivity contribution is 5.94. The molecular formula is C12H14N2O. The first-order valence-electron chi connectivity index (χ1n) is 5.28. The Bertz CT molecular complexity index is 473. The van der Waals surface area contributed by atoms with Crippen molar-refractivity contribution >= 4 is 17.3 Å². The molecule has 2 rings (SSSR count). The van der Waals surface area contributed by atoms with Gasteiger partial charge >= 0.3 is 0 Å². The van der Waals surface area contributed by atoms with Crippen molar-refractivity contribution in [1.29, 1.82) is 0 Å². The molecule has 0 atom stereocenters. The molecule has 0 saturated carbocycles. The Balaban J connectivity index is 2.41. The molecule has 1 aromatic heterocycles. The molecule has 0 saturated heterocycles. The summed E-state index contributed by atoms with van der Waals surface area (Å²) in [5.74, 6) is 0.973. The van der Waals surface area contributed by atoms with Crippen LogP contribution in [0.25, 0.3) is 11.0 Å². The van der Waals surface area contributed by atoms with Gasteiger partial charge in [0, 0.05) is 12.0 Å². The number of nitrogens with one attached hydrogen (secondary N) is 1. The molecule has 1 heterocycles. The van der Waals surface area contributed by atoms with Gasteiger partial charge in [0.2, 0.25) is 0 Å². The van der Waals surface area contributed by atoms with Crippen molar-refractivity contribution < 1.29 is 4.79 Å². The molecule has 0 amide bonds. The number of rotatable bonds is 4. The van der Waals surface area contributed by atoms with Crippen LogP contribution in [-0.2, 0) is 6.42 Å². The summed E-state index contributed by atoms with van der Waals surface area (Å²) in [5, 5.41) is 0. The van der Waals surface area contributed by atoms with E-state index in [1.165, 1.54) is 0 Å². The molecule has 2 aromatic rings. The number of aromatic nitrogens is 2. The fraction of sp³-hybridized carbons (Fsp3) is 0.333. The van der Waals surface area contributed by atoms with Gasteiger partial charge in [-0.25, -0.2) is 4.98 Å². The summed E-state index contributed by atoms with van der Waals surface area (Å²) in [7, 11) is 0. The number of carbonyl (C=O) groups is 1. The average Bonchev–Trinajstić information content (AvgIpc) is 2.68. The Morgan fingerprint density at radius 3 is 3.07 bits per heavy atom. The van der Waals surface area contributed by atoms with Gasteiger partial charge in [-0.05, 0) is 18.6 Å². The molecule has 0 spiro atoms. The van der Waals surface area contributed by atoms with E-state index in [2.05, 4.69) is 16.9 Å². The number of para-hydroxylation sites is 1. The van der Waals surface area contributed by atoms with E-state index in [1.807, 2.05) is 12.1 Å². The molecule has 0 radical (unpaired) electrons. The molecule has 1 aromatic carbocycles. The van der Waals surface area contributed by atoms with E-state index in [-0.39, 0.29) is 0 Å². The standard InChI is InChI=1S/C12H14N2O/c1-2-3-7-11-13-10-6-4-5-9(8-15)12(10)14-11/h4-6,8H,2-3,7H2,1H3,(H,13,14). The Hall–Kier alpha value is -1.64. The maximum Gasteiger partial charge on any atom is 0.152 e. The molecule has 0 aliphatic carbocycles. The van der Waals surface area contributed by atoms with Gasteiger partial charge < -0.3 is 4.98 Å². The topological polar surface area (TPSA) is 45.8 Å². The number of aromatic amines is 1. The predicted octanol–water partition coefficient (Wildman–Crippen LogP) is 2.72. The highest BCUT2D eigenvalue weighted by atomic mass is 16.1. The van der Waals surface area contributed by atoms with Crippen LogP contribution in [0.1, 0.15) is 35.9 Å². The number of hydrogen-bond donors (Lipinski definition) is 1. The molecule has 0 aliphatic heterocycles. The molecular weight excluding hydrogens is 188 g/mol. The summed E-state index contributed by atoms with van der Waals surface area (Å²) >= 11 is 0. The smallest absolute Gasteiger partial charge is 0.152 e. The maximum absolute atomic E-state index is 10.8. The van der Waals surface area contributed by atoms with Crippen LogP contribution < -0.4 is 0 Å². The Morgan fingerprint density at radius 2 is 2.33 bits per heavy atom. The zero-order valence-corrected chi connectivity index (χ0v) is 8.79. The SMILES string of the molecule is CCCCc1nc2c(C=O)cccc2[nH]1. The average molecular weight is 202 g/mol. The van der Waals surface area contributed by atoms with Crippen molar-refractivity contribution in [2.75, 3.05) is 0 Å². The van der Waals surface area contributed by atoms with E-state index in [1.54, 1.807) is 6.07 Å². The molecule has 15 heavy (non-hydrogen) atoms. The van der Waals surface area contributed by atoms with Crippen LogP contribution in [0.5, 0.6) is 0 Å². The minimum atomic E-state index is 0.659. The van der Waals surface area contributed by atoms with E-state index in [0.29, 0.717) is 5.56 Å². The van der Waals surface area contributed by atoms with Gasteiger partial charge in [0.05, 0.1) is 11.0 Å². The van der Waals surface area contributed by atoms with Crippen LogP contribution in [-0.4, -0.2) is 16.3 Å². The van der Waals surface area contributed by atoms with Gasteiger partial charge in [-0.15, -0.1) is 0 Å². The number of unbranched alkanes of at least 4 members (excludes halogenated alkanes) is 1. The Kier molecular flexibility index (Phi) is 2.81. The second-order valence-electron chi connectivity index (χ2n) is 3.65. The van der Waals surface area contributed by atoms with Crippen LogP contribution in [0.2, 0.25) is 0 Å². The third-order valence-electron chi connectivity index (χ3n) is 2.49. The van der Waals surface area contributed by atoms with Gasteiger partial charge in [-0.3, -0.25) is 4.79 Å². The number of carbonyl (C=O) groups excluding carboxylic acids is 1. The van der Waals surface area contributed by atoms with Gasteiger partial charge in [0.1, 0.15) is 5.82 Å². The van der Waals surface area contributed by atoms with Crippen LogP contribution in [0, 0.1) is 0 Å². The van der Waals surface area contributed by atoms with Crippen LogP contribution >= 0.6 is 0 Å². The highest BCUT2D eigenvalue weighted by Gasteiger charge is 2.05. The second kappa shape index (κ2) is 4.26. The van der Waals surface area contributed by atoms with E-state index in [9.17, 15) is 4.79 Å². The van der Waals surface area contributed by atoms with Gasteiger partial charge in [0.15, 0.2) is 6.29 Å². The maximum atomic E-state index is 10.8. The van der Waals surface area contributed by atoms with Crippen LogP contribution in [0.3, 0.4) is 0 Å². The number of fused-ring (bicyclic) bond motifs is 1. The quantitative estimate of drug-likeness (QED) is 0.775. The predicted molar refractivity (Wildman–Crippen MR) is 60.1 cm³/mol. The molecule has 0 aliphatic rings. The van der Waals surface area contributed by atoms with Crippen molar-refractivity contribution in [2.24, 2.45) is 0 Å². The first-order valence-corrected chi connectivity index (χ1v) is 5.28. The zero-order valence-electron chi connectivity index (χ0n) is 8.79. The van der Waals surface area contributed by atoms with Crippen LogP contribution in [0.15, 0.2) is 18.2 Å². The van der Waals surface area contributed by atoms with Crippen molar-refractivity contribution in [3.8, 4) is 0 Å². The second-order valence-corrected chi connectivity index (χ2v) is 3.65. The van der Waals surface area contributed by atoms with Crippen molar-refractivity contribution in [1.82, 2.24) is 9.97 Å².